The smallest absolute Gasteiger partial charge is 0.407 e. The van der Waals surface area contributed by atoms with E-state index in [4.69, 9.17) is 9.84 Å². The molecule has 1 fully saturated rings. The van der Waals surface area contributed by atoms with E-state index in [0.29, 0.717) is 25.9 Å². The topological polar surface area (TPSA) is 95.9 Å². The number of likely N-dealkylation sites (tertiary alicyclic amines) is 1. The number of alkyl carbamates (subject to hydrolysis) is 1. The lowest BCUT2D eigenvalue weighted by Crippen LogP contribution is -2.38. The Hall–Kier alpha value is -3.35. The molecule has 0 bridgehead atoms. The highest BCUT2D eigenvalue weighted by Crippen LogP contribution is 2.44. The molecule has 4 rings (SSSR count). The molecule has 1 saturated heterocycles. The summed E-state index contributed by atoms with van der Waals surface area (Å²) >= 11 is 0. The average Bonchev–Trinajstić information content (AvgIpc) is 3.46. The SMILES string of the molecule is CCC(CNC(=O)OCC1c2ccccc2-c2ccccc21)CC(=O)N1CCCC1CCC(=O)O. The standard InChI is InChI=1S/C28H34N2O5/c1-2-19(16-26(31)30-15-7-8-20(30)13-14-27(32)33)17-29-28(34)35-18-25-23-11-5-3-9-21(23)22-10-4-6-12-24(22)25/h3-6,9-12,19-20,25H,2,7-8,13-18H2,1H3,(H,29,34)(H,32,33). The Bertz CT molecular complexity index is 1020. The molecular formula is C28H34N2O5. The second-order valence-corrected chi connectivity index (χ2v) is 9.50. The van der Waals surface area contributed by atoms with Crippen molar-refractivity contribution in [1.29, 1.82) is 0 Å². The summed E-state index contributed by atoms with van der Waals surface area (Å²) in [5.41, 5.74) is 4.71. The summed E-state index contributed by atoms with van der Waals surface area (Å²) in [6, 6.07) is 16.4. The molecule has 2 N–H and O–H groups in total. The molecule has 2 unspecified atom stereocenters. The summed E-state index contributed by atoms with van der Waals surface area (Å²) in [5.74, 6) is -0.777. The number of aliphatic carboxylic acids is 1. The van der Waals surface area contributed by atoms with Crippen molar-refractivity contribution < 1.29 is 24.2 Å². The van der Waals surface area contributed by atoms with Crippen LogP contribution in [0.3, 0.4) is 0 Å². The quantitative estimate of drug-likeness (QED) is 0.512. The molecule has 0 saturated carbocycles. The van der Waals surface area contributed by atoms with Gasteiger partial charge in [0.25, 0.3) is 0 Å². The normalized spacial score (nSPS) is 17.5. The van der Waals surface area contributed by atoms with Crippen LogP contribution < -0.4 is 5.32 Å². The van der Waals surface area contributed by atoms with Crippen LogP contribution in [-0.2, 0) is 14.3 Å². The van der Waals surface area contributed by atoms with E-state index in [1.807, 2.05) is 36.1 Å². The lowest BCUT2D eigenvalue weighted by Gasteiger charge is -2.26. The number of hydrogen-bond acceptors (Lipinski definition) is 4. The molecule has 2 amide bonds. The monoisotopic (exact) mass is 478 g/mol. The molecule has 7 nitrogen and oxygen atoms in total. The highest BCUT2D eigenvalue weighted by molar-refractivity contribution is 5.79. The van der Waals surface area contributed by atoms with Crippen LogP contribution >= 0.6 is 0 Å². The Balaban J connectivity index is 1.27. The van der Waals surface area contributed by atoms with Crippen LogP contribution in [0.5, 0.6) is 0 Å². The molecule has 2 aromatic carbocycles. The summed E-state index contributed by atoms with van der Waals surface area (Å²) in [7, 11) is 0. The number of hydrogen-bond donors (Lipinski definition) is 2. The van der Waals surface area contributed by atoms with Gasteiger partial charge in [-0.2, -0.15) is 0 Å². The number of fused-ring (bicyclic) bond motifs is 3. The van der Waals surface area contributed by atoms with Crippen molar-refractivity contribution in [1.82, 2.24) is 10.2 Å². The Morgan fingerprint density at radius 3 is 2.37 bits per heavy atom. The van der Waals surface area contributed by atoms with Crippen LogP contribution in [0.2, 0.25) is 0 Å². The molecule has 2 aliphatic rings. The van der Waals surface area contributed by atoms with E-state index in [1.54, 1.807) is 0 Å². The first-order valence-corrected chi connectivity index (χ1v) is 12.6. The van der Waals surface area contributed by atoms with Crippen LogP contribution in [0.1, 0.15) is 62.5 Å². The average molecular weight is 479 g/mol. The predicted octanol–water partition coefficient (Wildman–Crippen LogP) is 4.80. The van der Waals surface area contributed by atoms with E-state index in [-0.39, 0.29) is 36.8 Å². The van der Waals surface area contributed by atoms with Gasteiger partial charge in [0.2, 0.25) is 5.91 Å². The molecule has 1 heterocycles. The Kier molecular flexibility index (Phi) is 8.06. The van der Waals surface area contributed by atoms with Crippen LogP contribution in [0, 0.1) is 5.92 Å². The van der Waals surface area contributed by atoms with E-state index in [1.165, 1.54) is 22.3 Å². The third kappa shape index (κ3) is 5.84. The summed E-state index contributed by atoms with van der Waals surface area (Å²) in [4.78, 5) is 38.1. The van der Waals surface area contributed by atoms with E-state index in [9.17, 15) is 14.4 Å². The Morgan fingerprint density at radius 2 is 1.74 bits per heavy atom. The summed E-state index contributed by atoms with van der Waals surface area (Å²) in [6.45, 7) is 3.31. The minimum atomic E-state index is -0.831. The van der Waals surface area contributed by atoms with Gasteiger partial charge in [-0.1, -0.05) is 61.9 Å². The summed E-state index contributed by atoms with van der Waals surface area (Å²) < 4.78 is 5.61. The molecular weight excluding hydrogens is 444 g/mol. The maximum Gasteiger partial charge on any atom is 0.407 e. The predicted molar refractivity (Wildman–Crippen MR) is 133 cm³/mol. The van der Waals surface area contributed by atoms with Gasteiger partial charge >= 0.3 is 12.1 Å². The highest BCUT2D eigenvalue weighted by atomic mass is 16.5. The molecule has 0 radical (unpaired) electrons. The number of carbonyl (C=O) groups excluding carboxylic acids is 2. The number of rotatable bonds is 10. The number of carboxylic acids is 1. The number of nitrogens with one attached hydrogen (secondary N) is 1. The zero-order chi connectivity index (χ0) is 24.8. The molecule has 1 aliphatic heterocycles. The number of amides is 2. The zero-order valence-electron chi connectivity index (χ0n) is 20.2. The molecule has 1 aliphatic carbocycles. The minimum absolute atomic E-state index is 0.00343. The van der Waals surface area contributed by atoms with Crippen molar-refractivity contribution in [2.75, 3.05) is 19.7 Å². The second-order valence-electron chi connectivity index (χ2n) is 9.50. The van der Waals surface area contributed by atoms with E-state index >= 15 is 0 Å². The third-order valence-corrected chi connectivity index (χ3v) is 7.31. The van der Waals surface area contributed by atoms with Gasteiger partial charge in [-0.05, 0) is 47.4 Å². The fourth-order valence-corrected chi connectivity index (χ4v) is 5.36. The Labute approximate surface area is 206 Å². The first kappa shape index (κ1) is 24.8. The van der Waals surface area contributed by atoms with Gasteiger partial charge in [0, 0.05) is 37.9 Å². The highest BCUT2D eigenvalue weighted by Gasteiger charge is 2.31. The number of carboxylic acid groups (broad SMARTS) is 1. The van der Waals surface area contributed by atoms with Gasteiger partial charge in [-0.25, -0.2) is 4.79 Å². The molecule has 2 aromatic rings. The largest absolute Gasteiger partial charge is 0.481 e. The van der Waals surface area contributed by atoms with Crippen LogP contribution in [0.15, 0.2) is 48.5 Å². The van der Waals surface area contributed by atoms with Crippen LogP contribution in [-0.4, -0.2) is 53.7 Å². The van der Waals surface area contributed by atoms with Gasteiger partial charge in [0.15, 0.2) is 0 Å². The molecule has 0 aromatic heterocycles. The fraction of sp³-hybridized carbons (Fsp3) is 0.464. The van der Waals surface area contributed by atoms with Gasteiger partial charge in [0.1, 0.15) is 6.61 Å². The van der Waals surface area contributed by atoms with E-state index < -0.39 is 12.1 Å². The van der Waals surface area contributed by atoms with Crippen molar-refractivity contribution >= 4 is 18.0 Å². The van der Waals surface area contributed by atoms with Crippen molar-refractivity contribution in [3.8, 4) is 11.1 Å². The Morgan fingerprint density at radius 1 is 1.09 bits per heavy atom. The van der Waals surface area contributed by atoms with Gasteiger partial charge in [-0.3, -0.25) is 9.59 Å². The fourth-order valence-electron chi connectivity index (χ4n) is 5.36. The molecule has 2 atom stereocenters. The maximum absolute atomic E-state index is 12.9. The van der Waals surface area contributed by atoms with Crippen molar-refractivity contribution in [3.63, 3.8) is 0 Å². The number of nitrogens with zero attached hydrogens (tertiary/aromatic N) is 1. The molecule has 186 valence electrons. The molecule has 0 spiro atoms. The van der Waals surface area contributed by atoms with Crippen LogP contribution in [0.25, 0.3) is 11.1 Å². The second kappa shape index (κ2) is 11.4. The van der Waals surface area contributed by atoms with Gasteiger partial charge in [0.05, 0.1) is 0 Å². The number of benzene rings is 2. The first-order valence-electron chi connectivity index (χ1n) is 12.6. The van der Waals surface area contributed by atoms with Crippen molar-refractivity contribution in [2.45, 2.75) is 57.4 Å². The van der Waals surface area contributed by atoms with Gasteiger partial charge in [-0.15, -0.1) is 0 Å². The minimum Gasteiger partial charge on any atom is -0.481 e. The number of ether oxygens (including phenoxy) is 1. The molecule has 7 heteroatoms. The van der Waals surface area contributed by atoms with Crippen LogP contribution in [0.4, 0.5) is 4.79 Å². The number of carbonyl (C=O) groups is 3. The van der Waals surface area contributed by atoms with Gasteiger partial charge < -0.3 is 20.1 Å². The first-order chi connectivity index (χ1) is 17.0. The zero-order valence-corrected chi connectivity index (χ0v) is 20.2. The maximum atomic E-state index is 12.9. The molecule has 35 heavy (non-hydrogen) atoms. The van der Waals surface area contributed by atoms with E-state index in [2.05, 4.69) is 29.6 Å². The third-order valence-electron chi connectivity index (χ3n) is 7.31. The summed E-state index contributed by atoms with van der Waals surface area (Å²) in [5, 5.41) is 11.8. The van der Waals surface area contributed by atoms with Crippen molar-refractivity contribution in [3.05, 3.63) is 59.7 Å². The van der Waals surface area contributed by atoms with Crippen molar-refractivity contribution in [2.24, 2.45) is 5.92 Å². The lowest BCUT2D eigenvalue weighted by atomic mass is 9.98. The lowest BCUT2D eigenvalue weighted by molar-refractivity contribution is -0.139. The van der Waals surface area contributed by atoms with E-state index in [0.717, 1.165) is 19.3 Å². The summed E-state index contributed by atoms with van der Waals surface area (Å²) in [6.07, 6.45) is 2.95.